The third-order valence-corrected chi connectivity index (χ3v) is 4.39. The summed E-state index contributed by atoms with van der Waals surface area (Å²) < 4.78 is 0. The lowest BCUT2D eigenvalue weighted by atomic mass is 10.2. The van der Waals surface area contributed by atoms with E-state index < -0.39 is 11.9 Å². The first kappa shape index (κ1) is 18.8. The molecule has 9 heteroatoms. The van der Waals surface area contributed by atoms with E-state index in [0.717, 1.165) is 31.0 Å². The minimum atomic E-state index is -0.911. The molecule has 138 valence electrons. The summed E-state index contributed by atoms with van der Waals surface area (Å²) in [6, 6.07) is 1.79. The molecule has 2 unspecified atom stereocenters. The maximum atomic E-state index is 12.2. The summed E-state index contributed by atoms with van der Waals surface area (Å²) >= 11 is 0. The van der Waals surface area contributed by atoms with Gasteiger partial charge in [-0.05, 0) is 12.8 Å². The van der Waals surface area contributed by atoms with E-state index in [2.05, 4.69) is 25.5 Å². The van der Waals surface area contributed by atoms with Crippen molar-refractivity contribution in [2.24, 2.45) is 5.92 Å². The zero-order valence-electron chi connectivity index (χ0n) is 14.9. The predicted octanol–water partition coefficient (Wildman–Crippen LogP) is 0.849. The summed E-state index contributed by atoms with van der Waals surface area (Å²) in [5, 5.41) is 14.8. The highest BCUT2D eigenvalue weighted by Crippen LogP contribution is 2.24. The first-order valence-electron chi connectivity index (χ1n) is 8.40. The second-order valence-electron chi connectivity index (χ2n) is 6.31. The Balaban J connectivity index is 1.90. The van der Waals surface area contributed by atoms with E-state index in [0.29, 0.717) is 6.54 Å². The molecule has 0 spiro atoms. The van der Waals surface area contributed by atoms with Gasteiger partial charge in [0, 0.05) is 45.8 Å². The maximum absolute atomic E-state index is 12.2. The lowest BCUT2D eigenvalue weighted by molar-refractivity contribution is -0.141. The molecule has 0 saturated carbocycles. The standard InChI is InChI=1S/C16H26N6O3/c1-11(15(23)24)9-21(3)16(25)18-8-12-5-4-6-22(12)14-7-13(17-2)19-10-20-14/h7,10-12H,4-6,8-9H2,1-3H3,(H,18,25)(H,23,24)(H,17,19,20). The second-order valence-corrected chi connectivity index (χ2v) is 6.31. The number of urea groups is 1. The monoisotopic (exact) mass is 350 g/mol. The molecular formula is C16H26N6O3. The number of nitrogens with one attached hydrogen (secondary N) is 2. The SMILES string of the molecule is CNc1cc(N2CCCC2CNC(=O)N(C)CC(C)C(=O)O)ncn1. The van der Waals surface area contributed by atoms with Crippen LogP contribution in [0.3, 0.4) is 0 Å². The van der Waals surface area contributed by atoms with E-state index >= 15 is 0 Å². The van der Waals surface area contributed by atoms with Gasteiger partial charge in [-0.25, -0.2) is 14.8 Å². The Kier molecular flexibility index (Phi) is 6.37. The van der Waals surface area contributed by atoms with Gasteiger partial charge in [0.15, 0.2) is 0 Å². The molecular weight excluding hydrogens is 324 g/mol. The molecule has 9 nitrogen and oxygen atoms in total. The van der Waals surface area contributed by atoms with Crippen molar-refractivity contribution >= 4 is 23.6 Å². The highest BCUT2D eigenvalue weighted by atomic mass is 16.4. The van der Waals surface area contributed by atoms with E-state index in [9.17, 15) is 9.59 Å². The summed E-state index contributed by atoms with van der Waals surface area (Å²) in [4.78, 5) is 35.1. The van der Waals surface area contributed by atoms with Crippen LogP contribution in [0.25, 0.3) is 0 Å². The molecule has 1 aromatic heterocycles. The molecule has 2 rings (SSSR count). The number of rotatable bonds is 7. The van der Waals surface area contributed by atoms with Crippen LogP contribution in [0, 0.1) is 5.92 Å². The molecule has 2 heterocycles. The molecule has 2 atom stereocenters. The van der Waals surface area contributed by atoms with Gasteiger partial charge in [-0.2, -0.15) is 0 Å². The van der Waals surface area contributed by atoms with Crippen molar-refractivity contribution in [1.82, 2.24) is 20.2 Å². The van der Waals surface area contributed by atoms with Gasteiger partial charge < -0.3 is 25.5 Å². The summed E-state index contributed by atoms with van der Waals surface area (Å²) in [5.74, 6) is 0.0801. The Hall–Kier alpha value is -2.58. The van der Waals surface area contributed by atoms with Crippen molar-refractivity contribution in [3.05, 3.63) is 12.4 Å². The van der Waals surface area contributed by atoms with Crippen molar-refractivity contribution in [3.63, 3.8) is 0 Å². The normalized spacial score (nSPS) is 17.9. The minimum absolute atomic E-state index is 0.161. The fraction of sp³-hybridized carbons (Fsp3) is 0.625. The molecule has 1 aliphatic rings. The molecule has 25 heavy (non-hydrogen) atoms. The van der Waals surface area contributed by atoms with Gasteiger partial charge in [-0.15, -0.1) is 0 Å². The zero-order chi connectivity index (χ0) is 18.4. The number of nitrogens with zero attached hydrogens (tertiary/aromatic N) is 4. The van der Waals surface area contributed by atoms with E-state index in [1.54, 1.807) is 14.0 Å². The number of carbonyl (C=O) groups excluding carboxylic acids is 1. The number of aliphatic carboxylic acids is 1. The third-order valence-electron chi connectivity index (χ3n) is 4.39. The summed E-state index contributed by atoms with van der Waals surface area (Å²) in [6.07, 6.45) is 3.52. The molecule has 3 N–H and O–H groups in total. The van der Waals surface area contributed by atoms with Crippen molar-refractivity contribution in [3.8, 4) is 0 Å². The van der Waals surface area contributed by atoms with Crippen LogP contribution in [0.4, 0.5) is 16.4 Å². The van der Waals surface area contributed by atoms with Crippen molar-refractivity contribution in [1.29, 1.82) is 0 Å². The van der Waals surface area contributed by atoms with Crippen LogP contribution in [-0.2, 0) is 4.79 Å². The van der Waals surface area contributed by atoms with Crippen LogP contribution in [0.1, 0.15) is 19.8 Å². The Bertz CT molecular complexity index is 611. The zero-order valence-corrected chi connectivity index (χ0v) is 14.9. The molecule has 0 aliphatic carbocycles. The molecule has 1 fully saturated rings. The van der Waals surface area contributed by atoms with Gasteiger partial charge in [0.2, 0.25) is 0 Å². The highest BCUT2D eigenvalue weighted by Gasteiger charge is 2.27. The van der Waals surface area contributed by atoms with E-state index in [1.807, 2.05) is 13.1 Å². The van der Waals surface area contributed by atoms with E-state index in [4.69, 9.17) is 5.11 Å². The van der Waals surface area contributed by atoms with Crippen molar-refractivity contribution < 1.29 is 14.7 Å². The topological polar surface area (TPSA) is 111 Å². The molecule has 2 amide bonds. The van der Waals surface area contributed by atoms with Crippen molar-refractivity contribution in [2.75, 3.05) is 43.9 Å². The molecule has 1 saturated heterocycles. The number of aromatic nitrogens is 2. The third kappa shape index (κ3) is 4.94. The fourth-order valence-electron chi connectivity index (χ4n) is 2.90. The average Bonchev–Trinajstić information content (AvgIpc) is 3.08. The van der Waals surface area contributed by atoms with Crippen LogP contribution in [0.2, 0.25) is 0 Å². The molecule has 0 aromatic carbocycles. The van der Waals surface area contributed by atoms with Crippen LogP contribution in [-0.4, -0.2) is 71.7 Å². The van der Waals surface area contributed by atoms with Gasteiger partial charge in [-0.1, -0.05) is 6.92 Å². The van der Waals surface area contributed by atoms with Crippen LogP contribution in [0.5, 0.6) is 0 Å². The Morgan fingerprint density at radius 2 is 2.24 bits per heavy atom. The number of carboxylic acids is 1. The average molecular weight is 350 g/mol. The number of carboxylic acid groups (broad SMARTS) is 1. The summed E-state index contributed by atoms with van der Waals surface area (Å²) in [5.41, 5.74) is 0. The Morgan fingerprint density at radius 1 is 1.48 bits per heavy atom. The molecule has 0 bridgehead atoms. The highest BCUT2D eigenvalue weighted by molar-refractivity contribution is 5.75. The summed E-state index contributed by atoms with van der Waals surface area (Å²) in [6.45, 7) is 3.13. The summed E-state index contributed by atoms with van der Waals surface area (Å²) in [7, 11) is 3.41. The number of anilines is 2. The maximum Gasteiger partial charge on any atom is 0.317 e. The Labute approximate surface area is 147 Å². The lowest BCUT2D eigenvalue weighted by Gasteiger charge is -2.27. The van der Waals surface area contributed by atoms with Gasteiger partial charge in [0.05, 0.1) is 5.92 Å². The Morgan fingerprint density at radius 3 is 2.92 bits per heavy atom. The lowest BCUT2D eigenvalue weighted by Crippen LogP contribution is -2.46. The fourth-order valence-corrected chi connectivity index (χ4v) is 2.90. The smallest absolute Gasteiger partial charge is 0.317 e. The minimum Gasteiger partial charge on any atom is -0.481 e. The first-order valence-corrected chi connectivity index (χ1v) is 8.40. The van der Waals surface area contributed by atoms with Crippen LogP contribution in [0.15, 0.2) is 12.4 Å². The molecule has 1 aliphatic heterocycles. The first-order chi connectivity index (χ1) is 11.9. The second kappa shape index (κ2) is 8.50. The van der Waals surface area contributed by atoms with E-state index in [-0.39, 0.29) is 18.6 Å². The van der Waals surface area contributed by atoms with Gasteiger partial charge in [0.1, 0.15) is 18.0 Å². The molecule has 1 aromatic rings. The largest absolute Gasteiger partial charge is 0.481 e. The quantitative estimate of drug-likeness (QED) is 0.668. The molecule has 0 radical (unpaired) electrons. The number of amides is 2. The van der Waals surface area contributed by atoms with E-state index in [1.165, 1.54) is 11.2 Å². The number of hydrogen-bond acceptors (Lipinski definition) is 6. The van der Waals surface area contributed by atoms with Gasteiger partial charge in [-0.3, -0.25) is 4.79 Å². The predicted molar refractivity (Wildman–Crippen MR) is 94.8 cm³/mol. The number of hydrogen-bond donors (Lipinski definition) is 3. The van der Waals surface area contributed by atoms with Gasteiger partial charge >= 0.3 is 12.0 Å². The van der Waals surface area contributed by atoms with Crippen LogP contribution >= 0.6 is 0 Å². The van der Waals surface area contributed by atoms with Crippen molar-refractivity contribution in [2.45, 2.75) is 25.8 Å². The van der Waals surface area contributed by atoms with Crippen LogP contribution < -0.4 is 15.5 Å². The number of carbonyl (C=O) groups is 2. The van der Waals surface area contributed by atoms with Gasteiger partial charge in [0.25, 0.3) is 0 Å².